The predicted octanol–water partition coefficient (Wildman–Crippen LogP) is 3.30. The quantitative estimate of drug-likeness (QED) is 0.816. The summed E-state index contributed by atoms with van der Waals surface area (Å²) in [5.74, 6) is -0.0450. The van der Waals surface area contributed by atoms with Crippen LogP contribution < -0.4 is 15.1 Å². The van der Waals surface area contributed by atoms with E-state index in [2.05, 4.69) is 53.2 Å². The molecular formula is C22H29N3O2. The number of nitrogens with zero attached hydrogens (tertiary/aromatic N) is 2. The summed E-state index contributed by atoms with van der Waals surface area (Å²) in [6.07, 6.45) is 0. The van der Waals surface area contributed by atoms with E-state index >= 15 is 0 Å². The van der Waals surface area contributed by atoms with Crippen LogP contribution >= 0.6 is 0 Å². The number of hydrogen-bond donors (Lipinski definition) is 1. The minimum Gasteiger partial charge on any atom is -0.378 e. The zero-order valence-corrected chi connectivity index (χ0v) is 16.3. The molecule has 144 valence electrons. The first-order valence-electron chi connectivity index (χ1n) is 9.76. The van der Waals surface area contributed by atoms with Crippen molar-refractivity contribution < 1.29 is 9.53 Å². The fourth-order valence-corrected chi connectivity index (χ4v) is 3.34. The van der Waals surface area contributed by atoms with Crippen molar-refractivity contribution in [1.29, 1.82) is 0 Å². The number of ether oxygens (including phenoxy) is 1. The molecule has 27 heavy (non-hydrogen) atoms. The van der Waals surface area contributed by atoms with Crippen molar-refractivity contribution in [3.63, 3.8) is 0 Å². The minimum absolute atomic E-state index is 0.0450. The fourth-order valence-electron chi connectivity index (χ4n) is 3.34. The second-order valence-corrected chi connectivity index (χ2v) is 6.67. The highest BCUT2D eigenvalue weighted by atomic mass is 16.5. The lowest BCUT2D eigenvalue weighted by molar-refractivity contribution is 0.0951. The third-order valence-electron chi connectivity index (χ3n) is 5.02. The average molecular weight is 367 g/mol. The first-order valence-corrected chi connectivity index (χ1v) is 9.76. The van der Waals surface area contributed by atoms with Crippen LogP contribution in [0.5, 0.6) is 0 Å². The monoisotopic (exact) mass is 367 g/mol. The standard InChI is InChI=1S/C22H29N3O2/c1-3-24(4-2)20-9-5-18(6-10-20)17-23-22(26)19-7-11-21(12-8-19)25-13-15-27-16-14-25/h5-12H,3-4,13-17H2,1-2H3,(H,23,26). The number of amides is 1. The van der Waals surface area contributed by atoms with Gasteiger partial charge in [0.05, 0.1) is 13.2 Å². The molecule has 1 amide bonds. The van der Waals surface area contributed by atoms with Crippen LogP contribution in [0.1, 0.15) is 29.8 Å². The zero-order chi connectivity index (χ0) is 19.1. The Kier molecular flexibility index (Phi) is 6.71. The van der Waals surface area contributed by atoms with Gasteiger partial charge in [0.25, 0.3) is 5.91 Å². The summed E-state index contributed by atoms with van der Waals surface area (Å²) in [5, 5.41) is 3.00. The van der Waals surface area contributed by atoms with Crippen LogP contribution in [0.2, 0.25) is 0 Å². The van der Waals surface area contributed by atoms with Crippen LogP contribution in [0, 0.1) is 0 Å². The number of benzene rings is 2. The number of rotatable bonds is 7. The largest absolute Gasteiger partial charge is 0.378 e. The molecule has 0 spiro atoms. The summed E-state index contributed by atoms with van der Waals surface area (Å²) in [6, 6.07) is 16.2. The van der Waals surface area contributed by atoms with Crippen LogP contribution in [0.3, 0.4) is 0 Å². The lowest BCUT2D eigenvalue weighted by atomic mass is 10.1. The van der Waals surface area contributed by atoms with Crippen molar-refractivity contribution in [2.45, 2.75) is 20.4 Å². The highest BCUT2D eigenvalue weighted by molar-refractivity contribution is 5.94. The normalized spacial score (nSPS) is 14.1. The first kappa shape index (κ1) is 19.2. The molecule has 0 unspecified atom stereocenters. The van der Waals surface area contributed by atoms with Gasteiger partial charge in [-0.15, -0.1) is 0 Å². The lowest BCUT2D eigenvalue weighted by Crippen LogP contribution is -2.36. The Morgan fingerprint density at radius 1 is 1.00 bits per heavy atom. The van der Waals surface area contributed by atoms with E-state index in [0.29, 0.717) is 12.1 Å². The van der Waals surface area contributed by atoms with Gasteiger partial charge in [-0.3, -0.25) is 4.79 Å². The predicted molar refractivity (Wildman–Crippen MR) is 111 cm³/mol. The third kappa shape index (κ3) is 5.01. The lowest BCUT2D eigenvalue weighted by Gasteiger charge is -2.28. The second-order valence-electron chi connectivity index (χ2n) is 6.67. The molecule has 1 aliphatic rings. The molecule has 0 aromatic heterocycles. The second kappa shape index (κ2) is 9.42. The van der Waals surface area contributed by atoms with Crippen molar-refractivity contribution in [2.75, 3.05) is 49.2 Å². The Balaban J connectivity index is 1.54. The van der Waals surface area contributed by atoms with Gasteiger partial charge in [0.15, 0.2) is 0 Å². The topological polar surface area (TPSA) is 44.8 Å². The molecule has 1 fully saturated rings. The molecule has 0 saturated carbocycles. The molecule has 5 nitrogen and oxygen atoms in total. The summed E-state index contributed by atoms with van der Waals surface area (Å²) in [4.78, 5) is 17.0. The molecule has 1 heterocycles. The van der Waals surface area contributed by atoms with Crippen molar-refractivity contribution >= 4 is 17.3 Å². The number of morpholine rings is 1. The molecule has 1 aliphatic heterocycles. The molecule has 2 aromatic rings. The summed E-state index contributed by atoms with van der Waals surface area (Å²) < 4.78 is 5.38. The molecule has 3 rings (SSSR count). The SMILES string of the molecule is CCN(CC)c1ccc(CNC(=O)c2ccc(N3CCOCC3)cc2)cc1. The molecule has 0 bridgehead atoms. The van der Waals surface area contributed by atoms with E-state index in [0.717, 1.165) is 50.6 Å². The number of hydrogen-bond acceptors (Lipinski definition) is 4. The number of carbonyl (C=O) groups is 1. The minimum atomic E-state index is -0.0450. The summed E-state index contributed by atoms with van der Waals surface area (Å²) >= 11 is 0. The van der Waals surface area contributed by atoms with Crippen molar-refractivity contribution in [2.24, 2.45) is 0 Å². The highest BCUT2D eigenvalue weighted by Gasteiger charge is 2.12. The molecule has 5 heteroatoms. The van der Waals surface area contributed by atoms with Crippen LogP contribution in [0.25, 0.3) is 0 Å². The van der Waals surface area contributed by atoms with E-state index < -0.39 is 0 Å². The van der Waals surface area contributed by atoms with Gasteiger partial charge in [-0.2, -0.15) is 0 Å². The smallest absolute Gasteiger partial charge is 0.251 e. The maximum absolute atomic E-state index is 12.4. The molecule has 1 saturated heterocycles. The summed E-state index contributed by atoms with van der Waals surface area (Å²) in [6.45, 7) is 10.1. The van der Waals surface area contributed by atoms with Crippen molar-refractivity contribution in [3.8, 4) is 0 Å². The summed E-state index contributed by atoms with van der Waals surface area (Å²) in [5.41, 5.74) is 4.14. The van der Waals surface area contributed by atoms with E-state index in [1.165, 1.54) is 5.69 Å². The van der Waals surface area contributed by atoms with E-state index in [1.54, 1.807) is 0 Å². The van der Waals surface area contributed by atoms with E-state index in [9.17, 15) is 4.79 Å². The fraction of sp³-hybridized carbons (Fsp3) is 0.409. The van der Waals surface area contributed by atoms with Gasteiger partial charge >= 0.3 is 0 Å². The van der Waals surface area contributed by atoms with Crippen molar-refractivity contribution in [1.82, 2.24) is 5.32 Å². The first-order chi connectivity index (χ1) is 13.2. The van der Waals surface area contributed by atoms with Gasteiger partial charge in [0, 0.05) is 49.7 Å². The maximum atomic E-state index is 12.4. The summed E-state index contributed by atoms with van der Waals surface area (Å²) in [7, 11) is 0. The highest BCUT2D eigenvalue weighted by Crippen LogP contribution is 2.17. The Bertz CT molecular complexity index is 718. The van der Waals surface area contributed by atoms with Crippen LogP contribution in [0.4, 0.5) is 11.4 Å². The number of anilines is 2. The van der Waals surface area contributed by atoms with Gasteiger partial charge in [0.1, 0.15) is 0 Å². The number of nitrogens with one attached hydrogen (secondary N) is 1. The molecule has 0 radical (unpaired) electrons. The zero-order valence-electron chi connectivity index (χ0n) is 16.3. The van der Waals surface area contributed by atoms with Crippen molar-refractivity contribution in [3.05, 3.63) is 59.7 Å². The van der Waals surface area contributed by atoms with Crippen LogP contribution in [-0.2, 0) is 11.3 Å². The average Bonchev–Trinajstić information content (AvgIpc) is 2.74. The van der Waals surface area contributed by atoms with Gasteiger partial charge in [-0.05, 0) is 55.8 Å². The van der Waals surface area contributed by atoms with Crippen LogP contribution in [0.15, 0.2) is 48.5 Å². The Morgan fingerprint density at radius 3 is 2.22 bits per heavy atom. The number of carbonyl (C=O) groups excluding carboxylic acids is 1. The maximum Gasteiger partial charge on any atom is 0.251 e. The van der Waals surface area contributed by atoms with Gasteiger partial charge < -0.3 is 19.9 Å². The molecule has 2 aromatic carbocycles. The van der Waals surface area contributed by atoms with E-state index in [-0.39, 0.29) is 5.91 Å². The third-order valence-corrected chi connectivity index (χ3v) is 5.02. The van der Waals surface area contributed by atoms with Gasteiger partial charge in [-0.25, -0.2) is 0 Å². The molecule has 1 N–H and O–H groups in total. The van der Waals surface area contributed by atoms with E-state index in [1.807, 2.05) is 24.3 Å². The van der Waals surface area contributed by atoms with E-state index in [4.69, 9.17) is 4.74 Å². The Morgan fingerprint density at radius 2 is 1.63 bits per heavy atom. The van der Waals surface area contributed by atoms with Gasteiger partial charge in [0.2, 0.25) is 0 Å². The van der Waals surface area contributed by atoms with Crippen LogP contribution in [-0.4, -0.2) is 45.3 Å². The Hall–Kier alpha value is -2.53. The molecule has 0 atom stereocenters. The van der Waals surface area contributed by atoms with Gasteiger partial charge in [-0.1, -0.05) is 12.1 Å². The molecular weight excluding hydrogens is 338 g/mol. The Labute approximate surface area is 161 Å². The molecule has 0 aliphatic carbocycles.